The molecule has 2 amide bonds. The lowest BCUT2D eigenvalue weighted by Crippen LogP contribution is -2.30. The molecule has 0 aliphatic rings. The first-order chi connectivity index (χ1) is 14.8. The summed E-state index contributed by atoms with van der Waals surface area (Å²) in [5.74, 6) is -1.01. The number of benzene rings is 3. The number of aryl methyl sites for hydroxylation is 2. The molecule has 31 heavy (non-hydrogen) atoms. The van der Waals surface area contributed by atoms with Crippen LogP contribution in [0.4, 0.5) is 11.4 Å². The fourth-order valence-electron chi connectivity index (χ4n) is 2.79. The Kier molecular flexibility index (Phi) is 6.57. The Bertz CT molecular complexity index is 1150. The summed E-state index contributed by atoms with van der Waals surface area (Å²) in [6, 6.07) is 19.9. The first kappa shape index (κ1) is 21.4. The second-order valence-corrected chi connectivity index (χ2v) is 7.05. The number of anilines is 1. The standard InChI is InChI=1S/C24H21N3O4/c1-16-6-10-19(11-7-16)23(28)26-22(15-18-4-3-5-21(14-18)27(30)31)24(29)25-20-12-8-17(2)9-13-20/h3-15H,1-2H3,(H,25,29)(H,26,28). The number of carbonyl (C=O) groups excluding carboxylic acids is 2. The second-order valence-electron chi connectivity index (χ2n) is 7.05. The highest BCUT2D eigenvalue weighted by atomic mass is 16.6. The van der Waals surface area contributed by atoms with Gasteiger partial charge in [-0.1, -0.05) is 47.5 Å². The van der Waals surface area contributed by atoms with Crippen molar-refractivity contribution in [3.8, 4) is 0 Å². The van der Waals surface area contributed by atoms with Crippen molar-refractivity contribution < 1.29 is 14.5 Å². The molecular weight excluding hydrogens is 394 g/mol. The third kappa shape index (κ3) is 5.86. The van der Waals surface area contributed by atoms with Gasteiger partial charge in [-0.15, -0.1) is 0 Å². The van der Waals surface area contributed by atoms with Gasteiger partial charge < -0.3 is 10.6 Å². The number of non-ortho nitro benzene ring substituents is 1. The number of nitro benzene ring substituents is 1. The molecule has 156 valence electrons. The summed E-state index contributed by atoms with van der Waals surface area (Å²) >= 11 is 0. The van der Waals surface area contributed by atoms with E-state index in [9.17, 15) is 19.7 Å². The Balaban J connectivity index is 1.92. The molecule has 3 aromatic carbocycles. The monoisotopic (exact) mass is 415 g/mol. The van der Waals surface area contributed by atoms with Crippen molar-refractivity contribution in [2.24, 2.45) is 0 Å². The smallest absolute Gasteiger partial charge is 0.272 e. The third-order valence-electron chi connectivity index (χ3n) is 4.51. The van der Waals surface area contributed by atoms with E-state index < -0.39 is 16.7 Å². The predicted octanol–water partition coefficient (Wildman–Crippen LogP) is 4.62. The molecule has 0 aromatic heterocycles. The van der Waals surface area contributed by atoms with Crippen LogP contribution < -0.4 is 10.6 Å². The quantitative estimate of drug-likeness (QED) is 0.348. The maximum absolute atomic E-state index is 12.9. The van der Waals surface area contributed by atoms with E-state index in [4.69, 9.17) is 0 Å². The van der Waals surface area contributed by atoms with E-state index in [-0.39, 0.29) is 11.4 Å². The first-order valence-electron chi connectivity index (χ1n) is 9.54. The molecule has 0 saturated heterocycles. The molecule has 0 heterocycles. The maximum Gasteiger partial charge on any atom is 0.272 e. The number of hydrogen-bond acceptors (Lipinski definition) is 4. The molecule has 2 N–H and O–H groups in total. The lowest BCUT2D eigenvalue weighted by Gasteiger charge is -2.12. The van der Waals surface area contributed by atoms with Crippen molar-refractivity contribution in [2.45, 2.75) is 13.8 Å². The van der Waals surface area contributed by atoms with Crippen molar-refractivity contribution in [3.63, 3.8) is 0 Å². The average Bonchev–Trinajstić information content (AvgIpc) is 2.75. The third-order valence-corrected chi connectivity index (χ3v) is 4.51. The van der Waals surface area contributed by atoms with Crippen molar-refractivity contribution in [2.75, 3.05) is 5.32 Å². The minimum Gasteiger partial charge on any atom is -0.321 e. The fourth-order valence-corrected chi connectivity index (χ4v) is 2.79. The van der Waals surface area contributed by atoms with Gasteiger partial charge in [-0.05, 0) is 49.8 Å². The molecule has 0 fully saturated rings. The zero-order valence-corrected chi connectivity index (χ0v) is 17.1. The van der Waals surface area contributed by atoms with E-state index in [1.807, 2.05) is 26.0 Å². The van der Waals surface area contributed by atoms with Gasteiger partial charge in [0.1, 0.15) is 5.70 Å². The van der Waals surface area contributed by atoms with E-state index in [0.717, 1.165) is 11.1 Å². The number of nitrogens with zero attached hydrogens (tertiary/aromatic N) is 1. The van der Waals surface area contributed by atoms with Gasteiger partial charge in [0.15, 0.2) is 0 Å². The van der Waals surface area contributed by atoms with Crippen molar-refractivity contribution in [3.05, 3.63) is 111 Å². The van der Waals surface area contributed by atoms with Gasteiger partial charge >= 0.3 is 0 Å². The lowest BCUT2D eigenvalue weighted by atomic mass is 10.1. The topological polar surface area (TPSA) is 101 Å². The lowest BCUT2D eigenvalue weighted by molar-refractivity contribution is -0.384. The number of amides is 2. The highest BCUT2D eigenvalue weighted by Crippen LogP contribution is 2.17. The summed E-state index contributed by atoms with van der Waals surface area (Å²) in [7, 11) is 0. The molecule has 0 aliphatic carbocycles. The van der Waals surface area contributed by atoms with E-state index in [0.29, 0.717) is 16.8 Å². The zero-order valence-electron chi connectivity index (χ0n) is 17.1. The molecule has 7 heteroatoms. The van der Waals surface area contributed by atoms with Crippen LogP contribution in [0.15, 0.2) is 78.5 Å². The predicted molar refractivity (Wildman–Crippen MR) is 120 cm³/mol. The number of nitrogens with one attached hydrogen (secondary N) is 2. The summed E-state index contributed by atoms with van der Waals surface area (Å²) in [4.78, 5) is 36.2. The Labute approximate surface area is 179 Å². The Morgan fingerprint density at radius 3 is 2.13 bits per heavy atom. The highest BCUT2D eigenvalue weighted by Gasteiger charge is 2.16. The van der Waals surface area contributed by atoms with Gasteiger partial charge in [0.25, 0.3) is 17.5 Å². The molecule has 0 spiro atoms. The minimum atomic E-state index is -0.546. The van der Waals surface area contributed by atoms with Crippen LogP contribution in [0.1, 0.15) is 27.0 Å². The Hall–Kier alpha value is -4.26. The first-order valence-corrected chi connectivity index (χ1v) is 9.54. The zero-order chi connectivity index (χ0) is 22.4. The van der Waals surface area contributed by atoms with Crippen molar-refractivity contribution in [1.82, 2.24) is 5.32 Å². The van der Waals surface area contributed by atoms with Gasteiger partial charge in [0, 0.05) is 23.4 Å². The van der Waals surface area contributed by atoms with E-state index in [1.54, 1.807) is 42.5 Å². The number of nitro groups is 1. The molecule has 0 atom stereocenters. The minimum absolute atomic E-state index is 0.0355. The Morgan fingerprint density at radius 1 is 0.903 bits per heavy atom. The summed E-state index contributed by atoms with van der Waals surface area (Å²) in [5, 5.41) is 16.4. The van der Waals surface area contributed by atoms with Gasteiger partial charge in [-0.3, -0.25) is 19.7 Å². The summed E-state index contributed by atoms with van der Waals surface area (Å²) in [5.41, 5.74) is 3.25. The van der Waals surface area contributed by atoms with Gasteiger partial charge in [0.2, 0.25) is 0 Å². The van der Waals surface area contributed by atoms with Crippen molar-refractivity contribution >= 4 is 29.3 Å². The molecule has 0 aliphatic heterocycles. The van der Waals surface area contributed by atoms with Gasteiger partial charge in [0.05, 0.1) is 4.92 Å². The molecule has 0 saturated carbocycles. The van der Waals surface area contributed by atoms with Crippen LogP contribution >= 0.6 is 0 Å². The molecule has 0 bridgehead atoms. The molecule has 3 aromatic rings. The maximum atomic E-state index is 12.9. The van der Waals surface area contributed by atoms with Gasteiger partial charge in [-0.25, -0.2) is 0 Å². The average molecular weight is 415 g/mol. The molecule has 0 unspecified atom stereocenters. The normalized spacial score (nSPS) is 11.0. The van der Waals surface area contributed by atoms with Crippen molar-refractivity contribution in [1.29, 1.82) is 0 Å². The van der Waals surface area contributed by atoms with Crippen LogP contribution in [0, 0.1) is 24.0 Å². The van der Waals surface area contributed by atoms with Crippen LogP contribution in [-0.4, -0.2) is 16.7 Å². The van der Waals surface area contributed by atoms with Crippen LogP contribution in [0.3, 0.4) is 0 Å². The summed E-state index contributed by atoms with van der Waals surface area (Å²) in [6.45, 7) is 3.84. The largest absolute Gasteiger partial charge is 0.321 e. The SMILES string of the molecule is Cc1ccc(NC(=O)C(=Cc2cccc([N+](=O)[O-])c2)NC(=O)c2ccc(C)cc2)cc1. The van der Waals surface area contributed by atoms with Crippen LogP contribution in [0.5, 0.6) is 0 Å². The molecule has 7 nitrogen and oxygen atoms in total. The molecule has 3 rings (SSSR count). The van der Waals surface area contributed by atoms with Crippen LogP contribution in [-0.2, 0) is 4.79 Å². The Morgan fingerprint density at radius 2 is 1.52 bits per heavy atom. The fraction of sp³-hybridized carbons (Fsp3) is 0.0833. The van der Waals surface area contributed by atoms with Gasteiger partial charge in [-0.2, -0.15) is 0 Å². The summed E-state index contributed by atoms with van der Waals surface area (Å²) < 4.78 is 0. The van der Waals surface area contributed by atoms with E-state index in [2.05, 4.69) is 10.6 Å². The number of rotatable bonds is 6. The highest BCUT2D eigenvalue weighted by molar-refractivity contribution is 6.10. The summed E-state index contributed by atoms with van der Waals surface area (Å²) in [6.07, 6.45) is 1.41. The molecular formula is C24H21N3O4. The number of carbonyl (C=O) groups is 2. The number of hydrogen-bond donors (Lipinski definition) is 2. The van der Waals surface area contributed by atoms with Crippen LogP contribution in [0.25, 0.3) is 6.08 Å². The van der Waals surface area contributed by atoms with Crippen LogP contribution in [0.2, 0.25) is 0 Å². The second kappa shape index (κ2) is 9.49. The molecule has 0 radical (unpaired) electrons. The van der Waals surface area contributed by atoms with E-state index >= 15 is 0 Å². The van der Waals surface area contributed by atoms with E-state index in [1.165, 1.54) is 24.3 Å².